The number of ether oxygens (including phenoxy) is 1. The molecule has 1 aliphatic heterocycles. The fraction of sp³-hybridized carbons (Fsp3) is 0.292. The van der Waals surface area contributed by atoms with Crippen molar-refractivity contribution in [2.75, 3.05) is 29.9 Å². The van der Waals surface area contributed by atoms with Gasteiger partial charge in [0.05, 0.1) is 11.1 Å². The Morgan fingerprint density at radius 3 is 2.58 bits per heavy atom. The van der Waals surface area contributed by atoms with Gasteiger partial charge in [0, 0.05) is 24.2 Å². The van der Waals surface area contributed by atoms with E-state index in [1.807, 2.05) is 18.2 Å². The molecule has 1 saturated heterocycles. The Morgan fingerprint density at radius 1 is 1.13 bits per heavy atom. The third-order valence-corrected chi connectivity index (χ3v) is 5.53. The van der Waals surface area contributed by atoms with E-state index < -0.39 is 5.97 Å². The predicted molar refractivity (Wildman–Crippen MR) is 120 cm³/mol. The number of hydrogen-bond donors (Lipinski definition) is 2. The van der Waals surface area contributed by atoms with Crippen LogP contribution < -0.4 is 15.0 Å². The summed E-state index contributed by atoms with van der Waals surface area (Å²) in [4.78, 5) is 31.0. The Hall–Kier alpha value is -3.61. The lowest BCUT2D eigenvalue weighted by molar-refractivity contribution is -0.118. The lowest BCUT2D eigenvalue weighted by atomic mass is 9.99. The third kappa shape index (κ3) is 4.94. The van der Waals surface area contributed by atoms with Gasteiger partial charge in [-0.25, -0.2) is 9.78 Å². The molecule has 2 N–H and O–H groups in total. The Bertz CT molecular complexity index is 1090. The first-order chi connectivity index (χ1) is 15.0. The van der Waals surface area contributed by atoms with Gasteiger partial charge in [-0.3, -0.25) is 4.79 Å². The molecule has 7 nitrogen and oxygen atoms in total. The molecule has 2 heterocycles. The van der Waals surface area contributed by atoms with Crippen LogP contribution in [0.25, 0.3) is 10.9 Å². The zero-order chi connectivity index (χ0) is 21.8. The molecule has 160 valence electrons. The van der Waals surface area contributed by atoms with E-state index in [9.17, 15) is 14.7 Å². The number of aromatic carboxylic acids is 1. The highest BCUT2D eigenvalue weighted by molar-refractivity contribution is 6.05. The van der Waals surface area contributed by atoms with Crippen LogP contribution in [-0.2, 0) is 4.79 Å². The van der Waals surface area contributed by atoms with Gasteiger partial charge < -0.3 is 20.1 Å². The van der Waals surface area contributed by atoms with Crippen LogP contribution in [-0.4, -0.2) is 41.7 Å². The van der Waals surface area contributed by atoms with E-state index >= 15 is 0 Å². The normalized spacial score (nSPS) is 14.4. The summed E-state index contributed by atoms with van der Waals surface area (Å²) >= 11 is 0. The van der Waals surface area contributed by atoms with Crippen molar-refractivity contribution in [3.8, 4) is 5.75 Å². The molecular weight excluding hydrogens is 394 g/mol. The van der Waals surface area contributed by atoms with Crippen LogP contribution in [0.2, 0.25) is 0 Å². The van der Waals surface area contributed by atoms with Crippen molar-refractivity contribution in [2.45, 2.75) is 19.8 Å². The summed E-state index contributed by atoms with van der Waals surface area (Å²) in [6.07, 6.45) is 2.14. The Labute approximate surface area is 180 Å². The molecule has 0 spiro atoms. The molecule has 2 aromatic carbocycles. The summed E-state index contributed by atoms with van der Waals surface area (Å²) in [5, 5.41) is 13.0. The molecule has 1 aromatic heterocycles. The van der Waals surface area contributed by atoms with Crippen molar-refractivity contribution in [3.63, 3.8) is 0 Å². The number of piperidine rings is 1. The summed E-state index contributed by atoms with van der Waals surface area (Å²) in [5.41, 5.74) is 1.26. The molecule has 1 amide bonds. The molecule has 0 radical (unpaired) electrons. The Balaban J connectivity index is 1.53. The maximum atomic E-state index is 12.3. The monoisotopic (exact) mass is 419 g/mol. The van der Waals surface area contributed by atoms with Gasteiger partial charge in [-0.15, -0.1) is 0 Å². The average molecular weight is 419 g/mol. The lowest BCUT2D eigenvalue weighted by Crippen LogP contribution is -2.33. The number of aromatic nitrogens is 1. The molecule has 1 aliphatic rings. The molecule has 0 saturated carbocycles. The molecule has 7 heteroatoms. The van der Waals surface area contributed by atoms with Crippen molar-refractivity contribution in [3.05, 3.63) is 60.2 Å². The fourth-order valence-corrected chi connectivity index (χ4v) is 3.73. The van der Waals surface area contributed by atoms with E-state index in [0.717, 1.165) is 25.9 Å². The quantitative estimate of drug-likeness (QED) is 0.623. The summed E-state index contributed by atoms with van der Waals surface area (Å²) in [5.74, 6) is 0.618. The number of para-hydroxylation sites is 1. The molecule has 0 unspecified atom stereocenters. The summed E-state index contributed by atoms with van der Waals surface area (Å²) < 4.78 is 5.46. The van der Waals surface area contributed by atoms with Crippen molar-refractivity contribution >= 4 is 34.3 Å². The predicted octanol–water partition coefficient (Wildman–Crippen LogP) is 4.19. The van der Waals surface area contributed by atoms with Crippen LogP contribution in [0.15, 0.2) is 54.6 Å². The second-order valence-corrected chi connectivity index (χ2v) is 7.88. The van der Waals surface area contributed by atoms with Gasteiger partial charge in [0.2, 0.25) is 0 Å². The van der Waals surface area contributed by atoms with E-state index in [1.165, 1.54) is 0 Å². The Kier molecular flexibility index (Phi) is 6.02. The van der Waals surface area contributed by atoms with Crippen molar-refractivity contribution in [1.29, 1.82) is 0 Å². The number of hydrogen-bond acceptors (Lipinski definition) is 5. The van der Waals surface area contributed by atoms with Gasteiger partial charge in [0.15, 0.2) is 6.61 Å². The molecule has 31 heavy (non-hydrogen) atoms. The number of rotatable bonds is 6. The number of fused-ring (bicyclic) bond motifs is 1. The zero-order valence-electron chi connectivity index (χ0n) is 17.4. The summed E-state index contributed by atoms with van der Waals surface area (Å²) in [7, 11) is 0. The van der Waals surface area contributed by atoms with E-state index in [-0.39, 0.29) is 18.1 Å². The van der Waals surface area contributed by atoms with Gasteiger partial charge in [-0.2, -0.15) is 0 Å². The minimum absolute atomic E-state index is 0.140. The molecule has 0 bridgehead atoms. The number of carbonyl (C=O) groups is 2. The number of carbonyl (C=O) groups excluding carboxylic acids is 1. The fourth-order valence-electron chi connectivity index (χ4n) is 3.73. The topological polar surface area (TPSA) is 91.8 Å². The molecule has 3 aromatic rings. The molecule has 0 atom stereocenters. The number of amides is 1. The van der Waals surface area contributed by atoms with Crippen molar-refractivity contribution < 1.29 is 19.4 Å². The maximum absolute atomic E-state index is 12.3. The number of carboxylic acids is 1. The van der Waals surface area contributed by atoms with Gasteiger partial charge in [-0.1, -0.05) is 25.1 Å². The van der Waals surface area contributed by atoms with Crippen LogP contribution >= 0.6 is 0 Å². The highest BCUT2D eigenvalue weighted by Gasteiger charge is 2.20. The SMILES string of the molecule is CC1CCN(c2cc(C(=O)O)c3cc(NC(=O)COc4ccccc4)ccc3n2)CC1. The van der Waals surface area contributed by atoms with E-state index in [1.54, 1.807) is 36.4 Å². The summed E-state index contributed by atoms with van der Waals surface area (Å²) in [6, 6.07) is 15.8. The highest BCUT2D eigenvalue weighted by atomic mass is 16.5. The molecule has 0 aliphatic carbocycles. The van der Waals surface area contributed by atoms with Crippen LogP contribution in [0.3, 0.4) is 0 Å². The van der Waals surface area contributed by atoms with Crippen LogP contribution in [0.1, 0.15) is 30.1 Å². The zero-order valence-corrected chi connectivity index (χ0v) is 17.4. The van der Waals surface area contributed by atoms with Gasteiger partial charge in [-0.05, 0) is 55.2 Å². The van der Waals surface area contributed by atoms with Gasteiger partial charge in [0.25, 0.3) is 5.91 Å². The number of nitrogens with zero attached hydrogens (tertiary/aromatic N) is 2. The van der Waals surface area contributed by atoms with Crippen molar-refractivity contribution in [1.82, 2.24) is 4.98 Å². The van der Waals surface area contributed by atoms with E-state index in [2.05, 4.69) is 22.1 Å². The minimum Gasteiger partial charge on any atom is -0.484 e. The van der Waals surface area contributed by atoms with E-state index in [4.69, 9.17) is 4.74 Å². The molecule has 1 fully saturated rings. The number of nitrogens with one attached hydrogen (secondary N) is 1. The number of benzene rings is 2. The number of carboxylic acid groups (broad SMARTS) is 1. The minimum atomic E-state index is -1.02. The van der Waals surface area contributed by atoms with Crippen LogP contribution in [0.5, 0.6) is 5.75 Å². The van der Waals surface area contributed by atoms with Gasteiger partial charge in [0.1, 0.15) is 11.6 Å². The van der Waals surface area contributed by atoms with Crippen molar-refractivity contribution in [2.24, 2.45) is 5.92 Å². The standard InChI is InChI=1S/C24H25N3O4/c1-16-9-11-27(12-10-16)22-14-20(24(29)30)19-13-17(7-8-21(19)26-22)25-23(28)15-31-18-5-3-2-4-6-18/h2-8,13-14,16H,9-12,15H2,1H3,(H,25,28)(H,29,30). The summed E-state index contributed by atoms with van der Waals surface area (Å²) in [6.45, 7) is 3.83. The number of anilines is 2. The molecular formula is C24H25N3O4. The lowest BCUT2D eigenvalue weighted by Gasteiger charge is -2.31. The maximum Gasteiger partial charge on any atom is 0.336 e. The first-order valence-corrected chi connectivity index (χ1v) is 10.4. The van der Waals surface area contributed by atoms with Crippen LogP contribution in [0, 0.1) is 5.92 Å². The van der Waals surface area contributed by atoms with E-state index in [0.29, 0.717) is 34.1 Å². The van der Waals surface area contributed by atoms with Gasteiger partial charge >= 0.3 is 5.97 Å². The first-order valence-electron chi connectivity index (χ1n) is 10.4. The van der Waals surface area contributed by atoms with Crippen LogP contribution in [0.4, 0.5) is 11.5 Å². The largest absolute Gasteiger partial charge is 0.484 e. The number of pyridine rings is 1. The molecule has 4 rings (SSSR count). The smallest absolute Gasteiger partial charge is 0.336 e. The first kappa shape index (κ1) is 20.7. The highest BCUT2D eigenvalue weighted by Crippen LogP contribution is 2.28. The average Bonchev–Trinajstić information content (AvgIpc) is 2.78. The Morgan fingerprint density at radius 2 is 1.87 bits per heavy atom. The second kappa shape index (κ2) is 9.04. The third-order valence-electron chi connectivity index (χ3n) is 5.53. The second-order valence-electron chi connectivity index (χ2n) is 7.88.